The first-order valence-electron chi connectivity index (χ1n) is 9.71. The van der Waals surface area contributed by atoms with Crippen LogP contribution in [-0.2, 0) is 0 Å². The summed E-state index contributed by atoms with van der Waals surface area (Å²) in [6.45, 7) is 0. The lowest BCUT2D eigenvalue weighted by Crippen LogP contribution is -1.92. The van der Waals surface area contributed by atoms with E-state index in [-0.39, 0.29) is 0 Å². The second-order valence-electron chi connectivity index (χ2n) is 6.89. The van der Waals surface area contributed by atoms with Crippen LogP contribution in [0.1, 0.15) is 0 Å². The molecule has 0 N–H and O–H groups in total. The number of pyridine rings is 2. The van der Waals surface area contributed by atoms with Crippen LogP contribution in [0.25, 0.3) is 44.8 Å². The smallest absolute Gasteiger partial charge is 0.159 e. The van der Waals surface area contributed by atoms with Gasteiger partial charge < -0.3 is 0 Å². The monoisotopic (exact) mass is 386 g/mol. The highest BCUT2D eigenvalue weighted by atomic mass is 14.9. The van der Waals surface area contributed by atoms with Crippen molar-refractivity contribution in [3.63, 3.8) is 0 Å². The van der Waals surface area contributed by atoms with Crippen molar-refractivity contribution < 1.29 is 0 Å². The SMILES string of the molecule is c1cnc(-c2ccccc2-c2cc(-c3ccncc3)cc(-c3ccncc3)c2)nc1. The lowest BCUT2D eigenvalue weighted by molar-refractivity contribution is 1.18. The van der Waals surface area contributed by atoms with Gasteiger partial charge in [0, 0.05) is 42.7 Å². The average Bonchev–Trinajstić information content (AvgIpc) is 2.85. The van der Waals surface area contributed by atoms with Crippen LogP contribution in [0, 0.1) is 0 Å². The minimum Gasteiger partial charge on any atom is -0.265 e. The number of rotatable bonds is 4. The molecule has 5 rings (SSSR count). The van der Waals surface area contributed by atoms with E-state index in [2.05, 4.69) is 50.3 Å². The van der Waals surface area contributed by atoms with E-state index in [1.54, 1.807) is 12.4 Å². The van der Waals surface area contributed by atoms with Gasteiger partial charge in [0.15, 0.2) is 5.82 Å². The van der Waals surface area contributed by atoms with Gasteiger partial charge in [0.1, 0.15) is 0 Å². The first-order chi connectivity index (χ1) is 14.9. The van der Waals surface area contributed by atoms with Gasteiger partial charge in [0.25, 0.3) is 0 Å². The predicted octanol–water partition coefficient (Wildman–Crippen LogP) is 5.93. The zero-order valence-electron chi connectivity index (χ0n) is 16.2. The fourth-order valence-corrected chi connectivity index (χ4v) is 3.57. The molecule has 0 spiro atoms. The van der Waals surface area contributed by atoms with E-state index in [4.69, 9.17) is 0 Å². The Morgan fingerprint density at radius 1 is 0.400 bits per heavy atom. The van der Waals surface area contributed by atoms with Gasteiger partial charge in [-0.05, 0) is 81.9 Å². The molecule has 4 heteroatoms. The van der Waals surface area contributed by atoms with Gasteiger partial charge in [-0.25, -0.2) is 9.97 Å². The minimum absolute atomic E-state index is 0.716. The highest BCUT2D eigenvalue weighted by Gasteiger charge is 2.12. The topological polar surface area (TPSA) is 51.6 Å². The first kappa shape index (κ1) is 17.9. The summed E-state index contributed by atoms with van der Waals surface area (Å²) >= 11 is 0. The molecule has 5 aromatic rings. The third-order valence-electron chi connectivity index (χ3n) is 5.01. The summed E-state index contributed by atoms with van der Waals surface area (Å²) in [5.74, 6) is 0.716. The molecule has 0 aliphatic rings. The van der Waals surface area contributed by atoms with Crippen molar-refractivity contribution in [2.24, 2.45) is 0 Å². The standard InChI is InChI=1S/C26H18N4/c1-2-5-25(26-29-10-3-11-30-26)24(4-1)23-17-21(19-6-12-27-13-7-19)16-22(18-23)20-8-14-28-15-9-20/h1-18H. The molecule has 0 aliphatic heterocycles. The zero-order chi connectivity index (χ0) is 20.2. The summed E-state index contributed by atoms with van der Waals surface area (Å²) in [5.41, 5.74) is 7.71. The zero-order valence-corrected chi connectivity index (χ0v) is 16.2. The van der Waals surface area contributed by atoms with Crippen LogP contribution in [0.5, 0.6) is 0 Å². The van der Waals surface area contributed by atoms with Gasteiger partial charge in [-0.1, -0.05) is 24.3 Å². The molecule has 0 atom stereocenters. The normalized spacial score (nSPS) is 10.7. The van der Waals surface area contributed by atoms with Gasteiger partial charge in [0.05, 0.1) is 0 Å². The molecule has 4 nitrogen and oxygen atoms in total. The van der Waals surface area contributed by atoms with E-state index in [1.165, 1.54) is 0 Å². The van der Waals surface area contributed by atoms with E-state index in [0.29, 0.717) is 5.82 Å². The van der Waals surface area contributed by atoms with Crippen molar-refractivity contribution in [2.45, 2.75) is 0 Å². The molecule has 0 radical (unpaired) electrons. The molecule has 0 amide bonds. The fraction of sp³-hybridized carbons (Fsp3) is 0. The van der Waals surface area contributed by atoms with E-state index >= 15 is 0 Å². The Hall–Kier alpha value is -4.18. The van der Waals surface area contributed by atoms with Crippen LogP contribution in [0.2, 0.25) is 0 Å². The Bertz CT molecular complexity index is 1210. The Kier molecular flexibility index (Phi) is 4.80. The largest absolute Gasteiger partial charge is 0.265 e. The number of aromatic nitrogens is 4. The van der Waals surface area contributed by atoms with Gasteiger partial charge in [-0.15, -0.1) is 0 Å². The summed E-state index contributed by atoms with van der Waals surface area (Å²) in [7, 11) is 0. The highest BCUT2D eigenvalue weighted by Crippen LogP contribution is 2.36. The van der Waals surface area contributed by atoms with Crippen molar-refractivity contribution in [3.8, 4) is 44.8 Å². The maximum atomic E-state index is 4.47. The van der Waals surface area contributed by atoms with E-state index in [1.807, 2.05) is 67.3 Å². The molecule has 2 aromatic carbocycles. The third-order valence-corrected chi connectivity index (χ3v) is 5.01. The lowest BCUT2D eigenvalue weighted by atomic mass is 9.92. The molecular formula is C26H18N4. The van der Waals surface area contributed by atoms with Crippen LogP contribution in [-0.4, -0.2) is 19.9 Å². The molecule has 30 heavy (non-hydrogen) atoms. The van der Waals surface area contributed by atoms with Crippen molar-refractivity contribution in [1.82, 2.24) is 19.9 Å². The fourth-order valence-electron chi connectivity index (χ4n) is 3.57. The van der Waals surface area contributed by atoms with Crippen LogP contribution in [0.3, 0.4) is 0 Å². The summed E-state index contributed by atoms with van der Waals surface area (Å²) in [6.07, 6.45) is 10.8. The third kappa shape index (κ3) is 3.59. The summed E-state index contributed by atoms with van der Waals surface area (Å²) in [5, 5.41) is 0. The molecule has 0 saturated carbocycles. The van der Waals surface area contributed by atoms with Gasteiger partial charge in [0.2, 0.25) is 0 Å². The van der Waals surface area contributed by atoms with Gasteiger partial charge >= 0.3 is 0 Å². The van der Waals surface area contributed by atoms with Crippen molar-refractivity contribution >= 4 is 0 Å². The molecule has 3 aromatic heterocycles. The average molecular weight is 386 g/mol. The second-order valence-corrected chi connectivity index (χ2v) is 6.89. The number of nitrogens with zero attached hydrogens (tertiary/aromatic N) is 4. The predicted molar refractivity (Wildman–Crippen MR) is 119 cm³/mol. The Morgan fingerprint density at radius 3 is 1.47 bits per heavy atom. The van der Waals surface area contributed by atoms with Crippen LogP contribution >= 0.6 is 0 Å². The molecule has 0 aliphatic carbocycles. The molecule has 0 bridgehead atoms. The second kappa shape index (κ2) is 8.05. The maximum Gasteiger partial charge on any atom is 0.159 e. The van der Waals surface area contributed by atoms with E-state index in [0.717, 1.165) is 38.9 Å². The van der Waals surface area contributed by atoms with Gasteiger partial charge in [-0.2, -0.15) is 0 Å². The molecule has 142 valence electrons. The Labute approximate surface area is 175 Å². The first-order valence-corrected chi connectivity index (χ1v) is 9.71. The number of benzene rings is 2. The Morgan fingerprint density at radius 2 is 0.900 bits per heavy atom. The number of hydrogen-bond acceptors (Lipinski definition) is 4. The van der Waals surface area contributed by atoms with Crippen LogP contribution in [0.4, 0.5) is 0 Å². The minimum atomic E-state index is 0.716. The quantitative estimate of drug-likeness (QED) is 0.384. The summed E-state index contributed by atoms with van der Waals surface area (Å²) in [6, 6.07) is 24.8. The summed E-state index contributed by atoms with van der Waals surface area (Å²) in [4.78, 5) is 17.3. The van der Waals surface area contributed by atoms with Gasteiger partial charge in [-0.3, -0.25) is 9.97 Å². The summed E-state index contributed by atoms with van der Waals surface area (Å²) < 4.78 is 0. The molecule has 0 saturated heterocycles. The van der Waals surface area contributed by atoms with E-state index < -0.39 is 0 Å². The maximum absolute atomic E-state index is 4.47. The number of hydrogen-bond donors (Lipinski definition) is 0. The van der Waals surface area contributed by atoms with E-state index in [9.17, 15) is 0 Å². The van der Waals surface area contributed by atoms with Crippen LogP contribution < -0.4 is 0 Å². The molecule has 0 unspecified atom stereocenters. The van der Waals surface area contributed by atoms with Crippen molar-refractivity contribution in [3.05, 3.63) is 110 Å². The molecular weight excluding hydrogens is 368 g/mol. The van der Waals surface area contributed by atoms with Crippen LogP contribution in [0.15, 0.2) is 110 Å². The lowest BCUT2D eigenvalue weighted by Gasteiger charge is -2.13. The highest BCUT2D eigenvalue weighted by molar-refractivity contribution is 5.86. The van der Waals surface area contributed by atoms with Crippen molar-refractivity contribution in [2.75, 3.05) is 0 Å². The Balaban J connectivity index is 1.74. The van der Waals surface area contributed by atoms with Crippen molar-refractivity contribution in [1.29, 1.82) is 0 Å². The molecule has 0 fully saturated rings. The molecule has 3 heterocycles.